The largest absolute Gasteiger partial charge is 0.508 e. The lowest BCUT2D eigenvalue weighted by Gasteiger charge is -2.40. The van der Waals surface area contributed by atoms with E-state index >= 15 is 0 Å². The van der Waals surface area contributed by atoms with Crippen LogP contribution in [-0.4, -0.2) is 64.8 Å². The zero-order valence-corrected chi connectivity index (χ0v) is 30.4. The summed E-state index contributed by atoms with van der Waals surface area (Å²) in [4.78, 5) is 41.1. The molecule has 3 aromatic carbocycles. The molecule has 3 aliphatic rings. The van der Waals surface area contributed by atoms with Gasteiger partial charge in [-0.15, -0.1) is 0 Å². The van der Waals surface area contributed by atoms with Crippen LogP contribution in [-0.2, 0) is 20.8 Å². The Labute approximate surface area is 307 Å². The second-order valence-corrected chi connectivity index (χ2v) is 14.2. The molecule has 9 heteroatoms. The standard InChI is InChI=1S/C43H51N5O4/c1-4-9-30(3)43(52)48(39-20-21-40(50)45-42(39)51)47(44-25-5-2)28-24-31-22-26-46(27-23-31)35-15-12-33(13-16-35)41-37(32-10-7-6-8-11-32)18-14-34-29-36(49)17-19-38(34)41/h4,6-13,15-17,19,25,29,31,37,39,41,49H,3,5,14,18,20-24,26-28H2,1-2H3,(H,45,50,51)/b9-4-,44-25-. The van der Waals surface area contributed by atoms with Gasteiger partial charge in [0.1, 0.15) is 11.8 Å². The number of imide groups is 1. The zero-order valence-electron chi connectivity index (χ0n) is 30.4. The van der Waals surface area contributed by atoms with Gasteiger partial charge in [0.2, 0.25) is 5.91 Å². The lowest BCUT2D eigenvalue weighted by atomic mass is 9.69. The molecule has 52 heavy (non-hydrogen) atoms. The van der Waals surface area contributed by atoms with E-state index in [2.05, 4.69) is 82.6 Å². The van der Waals surface area contributed by atoms with Crippen LogP contribution in [0.5, 0.6) is 5.75 Å². The Morgan fingerprint density at radius 2 is 1.73 bits per heavy atom. The van der Waals surface area contributed by atoms with Crippen molar-refractivity contribution in [2.45, 2.75) is 83.1 Å². The fourth-order valence-corrected chi connectivity index (χ4v) is 8.09. The Balaban J connectivity index is 1.13. The highest BCUT2D eigenvalue weighted by atomic mass is 16.3. The Morgan fingerprint density at radius 3 is 2.42 bits per heavy atom. The van der Waals surface area contributed by atoms with Crippen molar-refractivity contribution in [2.75, 3.05) is 24.5 Å². The van der Waals surface area contributed by atoms with Crippen LogP contribution in [0.15, 0.2) is 102 Å². The first-order chi connectivity index (χ1) is 25.3. The Morgan fingerprint density at radius 1 is 0.981 bits per heavy atom. The number of amides is 3. The molecule has 272 valence electrons. The summed E-state index contributed by atoms with van der Waals surface area (Å²) in [5.41, 5.74) is 6.64. The summed E-state index contributed by atoms with van der Waals surface area (Å²) in [6, 6.07) is 24.9. The summed E-state index contributed by atoms with van der Waals surface area (Å²) in [6.07, 6.45) is 11.0. The number of rotatable bonds is 12. The van der Waals surface area contributed by atoms with Gasteiger partial charge < -0.3 is 10.0 Å². The molecule has 2 fully saturated rings. The number of carbonyl (C=O) groups excluding carboxylic acids is 3. The maximum Gasteiger partial charge on any atom is 0.273 e. The van der Waals surface area contributed by atoms with E-state index in [0.717, 1.165) is 45.2 Å². The number of benzene rings is 3. The number of hydrogen-bond acceptors (Lipinski definition) is 7. The van der Waals surface area contributed by atoms with Gasteiger partial charge in [0.15, 0.2) is 0 Å². The van der Waals surface area contributed by atoms with Gasteiger partial charge in [-0.2, -0.15) is 5.10 Å². The van der Waals surface area contributed by atoms with Crippen molar-refractivity contribution in [3.05, 3.63) is 119 Å². The maximum absolute atomic E-state index is 13.7. The van der Waals surface area contributed by atoms with Gasteiger partial charge in [-0.05, 0) is 110 Å². The minimum atomic E-state index is -0.844. The number of fused-ring (bicyclic) bond motifs is 1. The number of nitrogens with zero attached hydrogens (tertiary/aromatic N) is 4. The summed E-state index contributed by atoms with van der Waals surface area (Å²) in [6.45, 7) is 10.0. The topological polar surface area (TPSA) is 106 Å². The number of phenols is 1. The normalized spacial score (nSPS) is 20.9. The van der Waals surface area contributed by atoms with Crippen molar-refractivity contribution in [2.24, 2.45) is 11.0 Å². The molecule has 3 atom stereocenters. The molecular formula is C43H51N5O4. The summed E-state index contributed by atoms with van der Waals surface area (Å²) < 4.78 is 0. The third kappa shape index (κ3) is 8.30. The average Bonchev–Trinajstić information content (AvgIpc) is 3.16. The number of hydrogen-bond donors (Lipinski definition) is 2. The molecule has 6 rings (SSSR count). The maximum atomic E-state index is 13.7. The van der Waals surface area contributed by atoms with Gasteiger partial charge in [-0.25, -0.2) is 10.1 Å². The summed E-state index contributed by atoms with van der Waals surface area (Å²) in [5, 5.41) is 20.3. The van der Waals surface area contributed by atoms with Gasteiger partial charge in [0.05, 0.1) is 6.54 Å². The predicted molar refractivity (Wildman–Crippen MR) is 206 cm³/mol. The molecule has 3 aromatic rings. The first kappa shape index (κ1) is 36.6. The van der Waals surface area contributed by atoms with E-state index in [1.807, 2.05) is 26.0 Å². The Kier molecular flexibility index (Phi) is 11.9. The van der Waals surface area contributed by atoms with Gasteiger partial charge >= 0.3 is 0 Å². The van der Waals surface area contributed by atoms with Gasteiger partial charge in [0.25, 0.3) is 11.8 Å². The number of hydrazine groups is 1. The first-order valence-corrected chi connectivity index (χ1v) is 18.8. The third-order valence-corrected chi connectivity index (χ3v) is 10.8. The number of allylic oxidation sites excluding steroid dienone is 1. The molecule has 3 amide bonds. The van der Waals surface area contributed by atoms with E-state index in [1.165, 1.54) is 33.0 Å². The van der Waals surface area contributed by atoms with Gasteiger partial charge in [0, 0.05) is 42.9 Å². The SMILES string of the molecule is C=C(/C=C\C)C(=O)N(C1CCC(=O)NC1=O)N(CCC1CCN(c2ccc(C3c4ccc(O)cc4CCC3c3ccccc3)cc2)CC1)/N=C\CC. The van der Waals surface area contributed by atoms with Crippen LogP contribution < -0.4 is 10.2 Å². The number of nitrogens with one attached hydrogen (secondary N) is 1. The van der Waals surface area contributed by atoms with E-state index in [0.29, 0.717) is 30.6 Å². The predicted octanol–water partition coefficient (Wildman–Crippen LogP) is 7.24. The second-order valence-electron chi connectivity index (χ2n) is 14.2. The molecule has 0 spiro atoms. The Bertz CT molecular complexity index is 1800. The third-order valence-electron chi connectivity index (χ3n) is 10.8. The number of aromatic hydroxyl groups is 1. The van der Waals surface area contributed by atoms with Crippen molar-refractivity contribution in [1.29, 1.82) is 0 Å². The highest BCUT2D eigenvalue weighted by Gasteiger charge is 2.39. The molecule has 0 bridgehead atoms. The summed E-state index contributed by atoms with van der Waals surface area (Å²) in [7, 11) is 0. The molecule has 9 nitrogen and oxygen atoms in total. The van der Waals surface area contributed by atoms with Crippen molar-refractivity contribution in [3.63, 3.8) is 0 Å². The molecule has 1 aliphatic carbocycles. The monoisotopic (exact) mass is 701 g/mol. The van der Waals surface area contributed by atoms with Crippen molar-refractivity contribution in [3.8, 4) is 5.75 Å². The summed E-state index contributed by atoms with van der Waals surface area (Å²) in [5.74, 6) is 0.110. The van der Waals surface area contributed by atoms with E-state index in [1.54, 1.807) is 23.5 Å². The number of piperidine rings is 2. The molecule has 2 heterocycles. The summed E-state index contributed by atoms with van der Waals surface area (Å²) >= 11 is 0. The molecule has 0 aromatic heterocycles. The highest BCUT2D eigenvalue weighted by Crippen LogP contribution is 2.47. The molecular weight excluding hydrogens is 651 g/mol. The molecule has 0 saturated carbocycles. The molecule has 0 radical (unpaired) electrons. The zero-order chi connectivity index (χ0) is 36.6. The number of carbonyl (C=O) groups is 3. The van der Waals surface area contributed by atoms with Crippen LogP contribution in [0.1, 0.15) is 92.9 Å². The van der Waals surface area contributed by atoms with E-state index in [4.69, 9.17) is 0 Å². The van der Waals surface area contributed by atoms with Gasteiger partial charge in [-0.1, -0.05) is 74.2 Å². The minimum Gasteiger partial charge on any atom is -0.508 e. The molecule has 2 aliphatic heterocycles. The van der Waals surface area contributed by atoms with Crippen LogP contribution in [0, 0.1) is 5.92 Å². The van der Waals surface area contributed by atoms with Crippen molar-refractivity contribution >= 4 is 29.6 Å². The first-order valence-electron chi connectivity index (χ1n) is 18.8. The fourth-order valence-electron chi connectivity index (χ4n) is 8.09. The number of anilines is 1. The molecule has 2 N–H and O–H groups in total. The van der Waals surface area contributed by atoms with Crippen LogP contribution >= 0.6 is 0 Å². The van der Waals surface area contributed by atoms with Crippen LogP contribution in [0.3, 0.4) is 0 Å². The lowest BCUT2D eigenvalue weighted by Crippen LogP contribution is -2.59. The molecule has 3 unspecified atom stereocenters. The lowest BCUT2D eigenvalue weighted by molar-refractivity contribution is -0.162. The van der Waals surface area contributed by atoms with E-state index < -0.39 is 17.9 Å². The van der Waals surface area contributed by atoms with Crippen molar-refractivity contribution < 1.29 is 19.5 Å². The quantitative estimate of drug-likeness (QED) is 0.0679. The van der Waals surface area contributed by atoms with Crippen LogP contribution in [0.2, 0.25) is 0 Å². The smallest absolute Gasteiger partial charge is 0.273 e. The van der Waals surface area contributed by atoms with Crippen LogP contribution in [0.4, 0.5) is 5.69 Å². The van der Waals surface area contributed by atoms with Crippen LogP contribution in [0.25, 0.3) is 0 Å². The molecule has 2 saturated heterocycles. The van der Waals surface area contributed by atoms with Gasteiger partial charge in [-0.3, -0.25) is 19.7 Å². The van der Waals surface area contributed by atoms with E-state index in [-0.39, 0.29) is 30.2 Å². The fraction of sp³-hybridized carbons (Fsp3) is 0.395. The minimum absolute atomic E-state index is 0.160. The highest BCUT2D eigenvalue weighted by molar-refractivity contribution is 6.04. The number of aryl methyl sites for hydroxylation is 1. The Hall–Kier alpha value is -5.18. The average molecular weight is 702 g/mol. The van der Waals surface area contributed by atoms with E-state index in [9.17, 15) is 19.5 Å². The second kappa shape index (κ2) is 16.9. The van der Waals surface area contributed by atoms with Crippen molar-refractivity contribution in [1.82, 2.24) is 15.4 Å². The number of phenolic OH excluding ortho intramolecular Hbond substituents is 1. The number of hydrazone groups is 1.